The molecule has 1 aliphatic heterocycles. The van der Waals surface area contributed by atoms with Gasteiger partial charge in [0.05, 0.1) is 17.4 Å². The number of halogens is 2. The van der Waals surface area contributed by atoms with E-state index in [0.717, 1.165) is 17.0 Å². The predicted molar refractivity (Wildman–Crippen MR) is 101 cm³/mol. The fourth-order valence-corrected chi connectivity index (χ4v) is 3.26. The van der Waals surface area contributed by atoms with Gasteiger partial charge in [-0.05, 0) is 35.9 Å². The van der Waals surface area contributed by atoms with Crippen molar-refractivity contribution in [2.75, 3.05) is 5.01 Å². The van der Waals surface area contributed by atoms with Gasteiger partial charge in [0.1, 0.15) is 5.82 Å². The topological polar surface area (TPSA) is 15.6 Å². The van der Waals surface area contributed by atoms with Crippen molar-refractivity contribution in [3.05, 3.63) is 101 Å². The van der Waals surface area contributed by atoms with Crippen LogP contribution in [0.15, 0.2) is 84.0 Å². The van der Waals surface area contributed by atoms with Crippen LogP contribution in [0.1, 0.15) is 23.6 Å². The maximum absolute atomic E-state index is 14.4. The third-order valence-corrected chi connectivity index (χ3v) is 4.62. The number of hydrogen-bond donors (Lipinski definition) is 0. The summed E-state index contributed by atoms with van der Waals surface area (Å²) in [6.07, 6.45) is 0.646. The van der Waals surface area contributed by atoms with Gasteiger partial charge in [0.15, 0.2) is 0 Å². The van der Waals surface area contributed by atoms with Crippen LogP contribution in [0.3, 0.4) is 0 Å². The third kappa shape index (κ3) is 3.15. The molecule has 4 rings (SSSR count). The molecule has 0 spiro atoms. The Labute approximate surface area is 151 Å². The zero-order chi connectivity index (χ0) is 17.2. The first-order valence-corrected chi connectivity index (χ1v) is 8.52. The second-order valence-corrected chi connectivity index (χ2v) is 6.41. The van der Waals surface area contributed by atoms with Crippen LogP contribution in [0.5, 0.6) is 0 Å². The highest BCUT2D eigenvalue weighted by molar-refractivity contribution is 6.30. The molecule has 1 atom stereocenters. The summed E-state index contributed by atoms with van der Waals surface area (Å²) >= 11 is 6.01. The summed E-state index contributed by atoms with van der Waals surface area (Å²) in [5.74, 6) is -0.212. The Kier molecular flexibility index (Phi) is 4.24. The first-order chi connectivity index (χ1) is 12.2. The van der Waals surface area contributed by atoms with Crippen molar-refractivity contribution in [2.24, 2.45) is 5.10 Å². The maximum Gasteiger partial charge on any atom is 0.128 e. The normalized spacial score (nSPS) is 16.8. The Morgan fingerprint density at radius 3 is 2.28 bits per heavy atom. The second kappa shape index (κ2) is 6.69. The molecular formula is C21H16ClFN2. The van der Waals surface area contributed by atoms with E-state index in [1.54, 1.807) is 6.07 Å². The summed E-state index contributed by atoms with van der Waals surface area (Å²) in [6, 6.07) is 24.2. The SMILES string of the molecule is Fc1ccccc1[C@H]1CC(c2ccccc2)=NN1c1ccc(Cl)cc1. The fraction of sp³-hybridized carbons (Fsp3) is 0.0952. The highest BCUT2D eigenvalue weighted by Gasteiger charge is 2.31. The van der Waals surface area contributed by atoms with Crippen molar-refractivity contribution in [3.8, 4) is 0 Å². The molecule has 25 heavy (non-hydrogen) atoms. The monoisotopic (exact) mass is 350 g/mol. The van der Waals surface area contributed by atoms with E-state index in [9.17, 15) is 4.39 Å². The van der Waals surface area contributed by atoms with Crippen molar-refractivity contribution in [1.82, 2.24) is 0 Å². The van der Waals surface area contributed by atoms with Gasteiger partial charge >= 0.3 is 0 Å². The fourth-order valence-electron chi connectivity index (χ4n) is 3.13. The highest BCUT2D eigenvalue weighted by atomic mass is 35.5. The molecule has 0 radical (unpaired) electrons. The zero-order valence-corrected chi connectivity index (χ0v) is 14.2. The Balaban J connectivity index is 1.78. The van der Waals surface area contributed by atoms with Crippen molar-refractivity contribution < 1.29 is 4.39 Å². The molecule has 0 N–H and O–H groups in total. The minimum Gasteiger partial charge on any atom is -0.257 e. The van der Waals surface area contributed by atoms with Gasteiger partial charge < -0.3 is 0 Å². The highest BCUT2D eigenvalue weighted by Crippen LogP contribution is 2.37. The van der Waals surface area contributed by atoms with Crippen LogP contribution < -0.4 is 5.01 Å². The van der Waals surface area contributed by atoms with E-state index in [1.807, 2.05) is 71.7 Å². The van der Waals surface area contributed by atoms with E-state index >= 15 is 0 Å². The van der Waals surface area contributed by atoms with E-state index in [1.165, 1.54) is 6.07 Å². The molecule has 0 aliphatic carbocycles. The van der Waals surface area contributed by atoms with E-state index in [0.29, 0.717) is 17.0 Å². The minimum absolute atomic E-state index is 0.183. The largest absolute Gasteiger partial charge is 0.257 e. The van der Waals surface area contributed by atoms with Gasteiger partial charge in [-0.25, -0.2) is 4.39 Å². The molecule has 0 amide bonds. The second-order valence-electron chi connectivity index (χ2n) is 5.98. The van der Waals surface area contributed by atoms with Gasteiger partial charge in [0.2, 0.25) is 0 Å². The standard InChI is InChI=1S/C21H16ClFN2/c22-16-10-12-17(13-11-16)25-21(18-8-4-5-9-19(18)23)14-20(24-25)15-6-2-1-3-7-15/h1-13,21H,14H2/t21-/m1/s1. The maximum atomic E-state index is 14.4. The Hall–Kier alpha value is -2.65. The summed E-state index contributed by atoms with van der Waals surface area (Å²) in [7, 11) is 0. The molecule has 2 nitrogen and oxygen atoms in total. The Morgan fingerprint density at radius 2 is 1.56 bits per heavy atom. The van der Waals surface area contributed by atoms with Gasteiger partial charge in [-0.2, -0.15) is 5.10 Å². The molecule has 0 aromatic heterocycles. The molecular weight excluding hydrogens is 335 g/mol. The minimum atomic E-state index is -0.212. The van der Waals surface area contributed by atoms with Crippen LogP contribution in [-0.2, 0) is 0 Å². The van der Waals surface area contributed by atoms with Crippen molar-refractivity contribution in [1.29, 1.82) is 0 Å². The molecule has 0 saturated carbocycles. The number of benzene rings is 3. The van der Waals surface area contributed by atoms with Gasteiger partial charge in [-0.15, -0.1) is 0 Å². The molecule has 3 aromatic carbocycles. The third-order valence-electron chi connectivity index (χ3n) is 4.37. The van der Waals surface area contributed by atoms with E-state index in [2.05, 4.69) is 0 Å². The van der Waals surface area contributed by atoms with E-state index in [4.69, 9.17) is 16.7 Å². The first-order valence-electron chi connectivity index (χ1n) is 8.14. The first kappa shape index (κ1) is 15.9. The summed E-state index contributed by atoms with van der Waals surface area (Å²) in [6.45, 7) is 0. The van der Waals surface area contributed by atoms with Crippen LogP contribution in [0, 0.1) is 5.82 Å². The molecule has 1 heterocycles. The van der Waals surface area contributed by atoms with Gasteiger partial charge in [0.25, 0.3) is 0 Å². The molecule has 124 valence electrons. The van der Waals surface area contributed by atoms with Crippen LogP contribution in [0.2, 0.25) is 5.02 Å². The lowest BCUT2D eigenvalue weighted by Gasteiger charge is -2.24. The zero-order valence-electron chi connectivity index (χ0n) is 13.4. The molecule has 0 unspecified atom stereocenters. The number of hydrogen-bond acceptors (Lipinski definition) is 2. The number of nitrogens with zero attached hydrogens (tertiary/aromatic N) is 2. The summed E-state index contributed by atoms with van der Waals surface area (Å²) in [4.78, 5) is 0. The number of anilines is 1. The van der Waals surface area contributed by atoms with Crippen molar-refractivity contribution in [2.45, 2.75) is 12.5 Å². The quantitative estimate of drug-likeness (QED) is 0.579. The summed E-state index contributed by atoms with van der Waals surface area (Å²) < 4.78 is 14.4. The lowest BCUT2D eigenvalue weighted by molar-refractivity contribution is 0.579. The van der Waals surface area contributed by atoms with Crippen LogP contribution in [0.25, 0.3) is 0 Å². The number of rotatable bonds is 3. The van der Waals surface area contributed by atoms with Crippen molar-refractivity contribution in [3.63, 3.8) is 0 Å². The number of hydrazone groups is 1. The average molecular weight is 351 g/mol. The lowest BCUT2D eigenvalue weighted by atomic mass is 9.98. The van der Waals surface area contributed by atoms with E-state index in [-0.39, 0.29) is 11.9 Å². The summed E-state index contributed by atoms with van der Waals surface area (Å²) in [5.41, 5.74) is 3.54. The predicted octanol–water partition coefficient (Wildman–Crippen LogP) is 5.83. The molecule has 1 aliphatic rings. The molecule has 3 aromatic rings. The van der Waals surface area contributed by atoms with Gasteiger partial charge in [-0.3, -0.25) is 5.01 Å². The smallest absolute Gasteiger partial charge is 0.128 e. The molecule has 0 saturated heterocycles. The van der Waals surface area contributed by atoms with E-state index < -0.39 is 0 Å². The molecule has 0 fully saturated rings. The van der Waals surface area contributed by atoms with Crippen LogP contribution >= 0.6 is 11.6 Å². The lowest BCUT2D eigenvalue weighted by Crippen LogP contribution is -2.19. The molecule has 4 heteroatoms. The van der Waals surface area contributed by atoms with Gasteiger partial charge in [0, 0.05) is 17.0 Å². The Morgan fingerprint density at radius 1 is 0.880 bits per heavy atom. The Bertz CT molecular complexity index is 907. The van der Waals surface area contributed by atoms with Crippen LogP contribution in [-0.4, -0.2) is 5.71 Å². The van der Waals surface area contributed by atoms with Gasteiger partial charge in [-0.1, -0.05) is 60.1 Å². The van der Waals surface area contributed by atoms with Crippen molar-refractivity contribution >= 4 is 23.0 Å². The molecule has 0 bridgehead atoms. The van der Waals surface area contributed by atoms with Crippen LogP contribution in [0.4, 0.5) is 10.1 Å². The summed E-state index contributed by atoms with van der Waals surface area (Å²) in [5, 5.41) is 7.35. The average Bonchev–Trinajstić information content (AvgIpc) is 3.09.